The SMILES string of the molecule is CCOC(=O)c1c(CSc2ccccc2)n(C)c2cc(-c3cncnc3)c(O)c(CN(C)C)c12. The van der Waals surface area contributed by atoms with E-state index < -0.39 is 0 Å². The molecule has 4 rings (SSSR count). The van der Waals surface area contributed by atoms with Crippen molar-refractivity contribution in [2.45, 2.75) is 24.1 Å². The molecule has 4 aromatic rings. The Morgan fingerprint density at radius 2 is 1.88 bits per heavy atom. The summed E-state index contributed by atoms with van der Waals surface area (Å²) in [4.78, 5) is 24.6. The van der Waals surface area contributed by atoms with Gasteiger partial charge in [0.1, 0.15) is 12.1 Å². The number of hydrogen-bond donors (Lipinski definition) is 1. The van der Waals surface area contributed by atoms with Crippen molar-refractivity contribution in [2.75, 3.05) is 20.7 Å². The summed E-state index contributed by atoms with van der Waals surface area (Å²) in [5, 5.41) is 12.1. The monoisotopic (exact) mass is 476 g/mol. The van der Waals surface area contributed by atoms with Crippen LogP contribution in [-0.2, 0) is 24.1 Å². The van der Waals surface area contributed by atoms with Gasteiger partial charge in [-0.05, 0) is 39.2 Å². The standard InChI is InChI=1S/C26H28N4O3S/c1-5-33-26(32)24-22(15-34-18-9-7-6-8-10-18)30(4)21-11-19(17-12-27-16-28-13-17)25(31)20(23(21)24)14-29(2)3/h6-13,16,31H,5,14-15H2,1-4H3. The molecule has 0 aliphatic heterocycles. The minimum atomic E-state index is -0.382. The number of benzene rings is 2. The van der Waals surface area contributed by atoms with Gasteiger partial charge < -0.3 is 19.3 Å². The Hall–Kier alpha value is -3.36. The predicted octanol–water partition coefficient (Wildman–Crippen LogP) is 4.87. The van der Waals surface area contributed by atoms with Gasteiger partial charge in [0.2, 0.25) is 0 Å². The summed E-state index contributed by atoms with van der Waals surface area (Å²) in [5.74, 6) is 0.316. The van der Waals surface area contributed by atoms with E-state index in [1.165, 1.54) is 6.33 Å². The number of thioether (sulfide) groups is 1. The fourth-order valence-corrected chi connectivity index (χ4v) is 5.09. The Bertz CT molecular complexity index is 1300. The Morgan fingerprint density at radius 3 is 2.53 bits per heavy atom. The van der Waals surface area contributed by atoms with E-state index in [9.17, 15) is 9.90 Å². The van der Waals surface area contributed by atoms with Gasteiger partial charge in [-0.3, -0.25) is 0 Å². The molecule has 0 saturated heterocycles. The Kier molecular flexibility index (Phi) is 7.19. The lowest BCUT2D eigenvalue weighted by atomic mass is 9.97. The van der Waals surface area contributed by atoms with Crippen LogP contribution in [0.3, 0.4) is 0 Å². The van der Waals surface area contributed by atoms with Crippen molar-refractivity contribution >= 4 is 28.6 Å². The molecule has 34 heavy (non-hydrogen) atoms. The number of aromatic nitrogens is 3. The second kappa shape index (κ2) is 10.3. The maximum absolute atomic E-state index is 13.2. The normalized spacial score (nSPS) is 11.3. The van der Waals surface area contributed by atoms with Crippen molar-refractivity contribution in [3.63, 3.8) is 0 Å². The van der Waals surface area contributed by atoms with E-state index >= 15 is 0 Å². The molecule has 0 fully saturated rings. The first kappa shape index (κ1) is 23.8. The van der Waals surface area contributed by atoms with Gasteiger partial charge in [-0.1, -0.05) is 18.2 Å². The van der Waals surface area contributed by atoms with Crippen LogP contribution < -0.4 is 0 Å². The number of phenols is 1. The summed E-state index contributed by atoms with van der Waals surface area (Å²) in [6.07, 6.45) is 4.81. The van der Waals surface area contributed by atoms with Crippen molar-refractivity contribution in [2.24, 2.45) is 7.05 Å². The Morgan fingerprint density at radius 1 is 1.18 bits per heavy atom. The molecule has 0 radical (unpaired) electrons. The van der Waals surface area contributed by atoms with Crippen LogP contribution in [0.2, 0.25) is 0 Å². The van der Waals surface area contributed by atoms with E-state index in [4.69, 9.17) is 4.74 Å². The van der Waals surface area contributed by atoms with Crippen molar-refractivity contribution in [3.8, 4) is 16.9 Å². The van der Waals surface area contributed by atoms with Gasteiger partial charge >= 0.3 is 5.97 Å². The van der Waals surface area contributed by atoms with E-state index in [-0.39, 0.29) is 18.3 Å². The third-order valence-electron chi connectivity index (χ3n) is 5.63. The number of rotatable bonds is 8. The van der Waals surface area contributed by atoms with Gasteiger partial charge in [-0.25, -0.2) is 14.8 Å². The van der Waals surface area contributed by atoms with E-state index in [1.807, 2.05) is 67.0 Å². The number of aromatic hydroxyl groups is 1. The number of aryl methyl sites for hydroxylation is 1. The van der Waals surface area contributed by atoms with Crippen LogP contribution in [0, 0.1) is 0 Å². The number of nitrogens with zero attached hydrogens (tertiary/aromatic N) is 4. The molecule has 0 atom stereocenters. The number of esters is 1. The quantitative estimate of drug-likeness (QED) is 0.287. The summed E-state index contributed by atoms with van der Waals surface area (Å²) >= 11 is 1.66. The van der Waals surface area contributed by atoms with E-state index in [2.05, 4.69) is 9.97 Å². The van der Waals surface area contributed by atoms with Gasteiger partial charge in [0.25, 0.3) is 0 Å². The molecule has 2 heterocycles. The van der Waals surface area contributed by atoms with E-state index in [0.29, 0.717) is 34.6 Å². The lowest BCUT2D eigenvalue weighted by molar-refractivity contribution is 0.0527. The second-order valence-electron chi connectivity index (χ2n) is 8.21. The zero-order valence-corrected chi connectivity index (χ0v) is 20.6. The van der Waals surface area contributed by atoms with Crippen LogP contribution in [0.25, 0.3) is 22.0 Å². The van der Waals surface area contributed by atoms with Gasteiger partial charge in [-0.15, -0.1) is 11.8 Å². The molecule has 0 amide bonds. The molecule has 7 nitrogen and oxygen atoms in total. The smallest absolute Gasteiger partial charge is 0.340 e. The maximum Gasteiger partial charge on any atom is 0.340 e. The largest absolute Gasteiger partial charge is 0.507 e. The zero-order chi connectivity index (χ0) is 24.2. The summed E-state index contributed by atoms with van der Waals surface area (Å²) in [6.45, 7) is 2.52. The van der Waals surface area contributed by atoms with Crippen LogP contribution in [-0.4, -0.2) is 51.2 Å². The van der Waals surface area contributed by atoms with E-state index in [0.717, 1.165) is 21.5 Å². The van der Waals surface area contributed by atoms with Gasteiger partial charge in [0, 0.05) is 64.4 Å². The van der Waals surface area contributed by atoms with Crippen LogP contribution >= 0.6 is 11.8 Å². The van der Waals surface area contributed by atoms with Crippen molar-refractivity contribution in [3.05, 3.63) is 71.9 Å². The van der Waals surface area contributed by atoms with Gasteiger partial charge in [0.15, 0.2) is 0 Å². The minimum absolute atomic E-state index is 0.120. The molecule has 0 bridgehead atoms. The molecular formula is C26H28N4O3S. The van der Waals surface area contributed by atoms with Crippen LogP contribution in [0.15, 0.2) is 60.0 Å². The number of fused-ring (bicyclic) bond motifs is 1. The Balaban J connectivity index is 1.98. The number of hydrogen-bond acceptors (Lipinski definition) is 7. The third kappa shape index (κ3) is 4.64. The molecule has 2 aromatic carbocycles. The van der Waals surface area contributed by atoms with Crippen molar-refractivity contribution in [1.29, 1.82) is 0 Å². The third-order valence-corrected chi connectivity index (χ3v) is 6.65. The summed E-state index contributed by atoms with van der Waals surface area (Å²) in [5.41, 5.74) is 4.22. The molecule has 0 aliphatic rings. The number of phenolic OH excluding ortho intramolecular Hbond substituents is 1. The molecule has 0 saturated carbocycles. The average molecular weight is 477 g/mol. The first-order valence-electron chi connectivity index (χ1n) is 11.0. The first-order chi connectivity index (χ1) is 16.4. The molecule has 0 unspecified atom stereocenters. The fraction of sp³-hybridized carbons (Fsp3) is 0.269. The fourth-order valence-electron chi connectivity index (χ4n) is 4.10. The van der Waals surface area contributed by atoms with Gasteiger partial charge in [0.05, 0.1) is 17.7 Å². The number of ether oxygens (including phenoxy) is 1. The topological polar surface area (TPSA) is 80.5 Å². The summed E-state index contributed by atoms with van der Waals surface area (Å²) in [6, 6.07) is 12.0. The van der Waals surface area contributed by atoms with Crippen LogP contribution in [0.4, 0.5) is 0 Å². The van der Waals surface area contributed by atoms with Gasteiger partial charge in [-0.2, -0.15) is 0 Å². The summed E-state index contributed by atoms with van der Waals surface area (Å²) in [7, 11) is 5.82. The van der Waals surface area contributed by atoms with E-state index in [1.54, 1.807) is 31.1 Å². The number of carbonyl (C=O) groups excluding carboxylic acids is 1. The molecular weight excluding hydrogens is 448 g/mol. The molecule has 0 spiro atoms. The summed E-state index contributed by atoms with van der Waals surface area (Å²) < 4.78 is 7.51. The lowest BCUT2D eigenvalue weighted by Gasteiger charge is -2.17. The molecule has 1 N–H and O–H groups in total. The Labute approximate surface area is 203 Å². The number of carbonyl (C=O) groups is 1. The highest BCUT2D eigenvalue weighted by Gasteiger charge is 2.28. The highest BCUT2D eigenvalue weighted by Crippen LogP contribution is 2.42. The minimum Gasteiger partial charge on any atom is -0.507 e. The van der Waals surface area contributed by atoms with Crippen LogP contribution in [0.5, 0.6) is 5.75 Å². The molecule has 2 aromatic heterocycles. The highest BCUT2D eigenvalue weighted by atomic mass is 32.2. The van der Waals surface area contributed by atoms with Crippen LogP contribution in [0.1, 0.15) is 28.5 Å². The first-order valence-corrected chi connectivity index (χ1v) is 12.0. The lowest BCUT2D eigenvalue weighted by Crippen LogP contribution is -2.13. The molecule has 8 heteroatoms. The second-order valence-corrected chi connectivity index (χ2v) is 9.26. The van der Waals surface area contributed by atoms with Crippen molar-refractivity contribution < 1.29 is 14.6 Å². The predicted molar refractivity (Wildman–Crippen MR) is 135 cm³/mol. The molecule has 0 aliphatic carbocycles. The average Bonchev–Trinajstić information content (AvgIpc) is 3.12. The van der Waals surface area contributed by atoms with Crippen molar-refractivity contribution in [1.82, 2.24) is 19.4 Å². The molecule has 176 valence electrons. The highest BCUT2D eigenvalue weighted by molar-refractivity contribution is 7.98. The zero-order valence-electron chi connectivity index (χ0n) is 19.8. The maximum atomic E-state index is 13.2.